The Labute approximate surface area is 103 Å². The summed E-state index contributed by atoms with van der Waals surface area (Å²) in [4.78, 5) is 4.22. The first-order valence-corrected chi connectivity index (χ1v) is 6.06. The third-order valence-electron chi connectivity index (χ3n) is 2.66. The second kappa shape index (κ2) is 5.10. The number of nitrogens with one attached hydrogen (secondary N) is 1. The molecular weight excluding hydrogens is 275 g/mol. The zero-order valence-corrected chi connectivity index (χ0v) is 10.6. The molecule has 0 spiro atoms. The molecule has 0 saturated carbocycles. The van der Waals surface area contributed by atoms with Gasteiger partial charge in [0.2, 0.25) is 0 Å². The maximum Gasteiger partial charge on any atom is 0.143 e. The van der Waals surface area contributed by atoms with Crippen LogP contribution in [0, 0.1) is 6.92 Å². The van der Waals surface area contributed by atoms with E-state index in [2.05, 4.69) is 26.2 Å². The Morgan fingerprint density at radius 1 is 1.62 bits per heavy atom. The van der Waals surface area contributed by atoms with Gasteiger partial charge < -0.3 is 10.1 Å². The van der Waals surface area contributed by atoms with Crippen LogP contribution in [0.4, 0.5) is 10.2 Å². The van der Waals surface area contributed by atoms with E-state index in [0.717, 1.165) is 10.0 Å². The molecule has 0 unspecified atom stereocenters. The van der Waals surface area contributed by atoms with Gasteiger partial charge in [-0.2, -0.15) is 0 Å². The molecule has 5 heteroatoms. The lowest BCUT2D eigenvalue weighted by Gasteiger charge is -2.27. The van der Waals surface area contributed by atoms with Gasteiger partial charge in [-0.05, 0) is 25.0 Å². The highest BCUT2D eigenvalue weighted by Gasteiger charge is 2.25. The summed E-state index contributed by atoms with van der Waals surface area (Å²) in [5.74, 6) is 0.701. The Kier molecular flexibility index (Phi) is 3.76. The zero-order chi connectivity index (χ0) is 11.5. The van der Waals surface area contributed by atoms with Gasteiger partial charge >= 0.3 is 0 Å². The van der Waals surface area contributed by atoms with Crippen molar-refractivity contribution in [2.45, 2.75) is 25.6 Å². The lowest BCUT2D eigenvalue weighted by molar-refractivity contribution is 0.0285. The van der Waals surface area contributed by atoms with Crippen molar-refractivity contribution in [1.29, 1.82) is 0 Å². The quantitative estimate of drug-likeness (QED) is 0.909. The fourth-order valence-electron chi connectivity index (χ4n) is 1.63. The van der Waals surface area contributed by atoms with E-state index in [4.69, 9.17) is 4.74 Å². The molecule has 0 radical (unpaired) electrons. The van der Waals surface area contributed by atoms with Gasteiger partial charge in [0.25, 0.3) is 0 Å². The number of nitrogens with zero attached hydrogens (tertiary/aromatic N) is 1. The molecule has 1 aliphatic rings. The normalized spacial score (nSPS) is 25.4. The van der Waals surface area contributed by atoms with Gasteiger partial charge in [-0.15, -0.1) is 0 Å². The molecule has 3 nitrogen and oxygen atoms in total. The van der Waals surface area contributed by atoms with Crippen molar-refractivity contribution in [1.82, 2.24) is 4.98 Å². The number of hydrogen-bond acceptors (Lipinski definition) is 3. The molecule has 0 aliphatic carbocycles. The predicted octanol–water partition coefficient (Wildman–Crippen LogP) is 2.69. The van der Waals surface area contributed by atoms with E-state index in [-0.39, 0.29) is 12.6 Å². The zero-order valence-electron chi connectivity index (χ0n) is 9.04. The van der Waals surface area contributed by atoms with Crippen LogP contribution in [0.1, 0.15) is 12.0 Å². The molecule has 1 aliphatic heterocycles. The standard InChI is InChI=1S/C11H14BrFN2O/c1-7-5-14-11(4-8(7)12)15-10-2-3-16-6-9(10)13/h4-5,9-10H,2-3,6H2,1H3,(H,14,15)/t9-,10+/m0/s1. The molecule has 1 aromatic heterocycles. The number of pyridine rings is 1. The number of ether oxygens (including phenoxy) is 1. The van der Waals surface area contributed by atoms with Crippen molar-refractivity contribution in [3.05, 3.63) is 22.3 Å². The van der Waals surface area contributed by atoms with E-state index in [1.807, 2.05) is 13.0 Å². The van der Waals surface area contributed by atoms with Crippen LogP contribution < -0.4 is 5.32 Å². The van der Waals surface area contributed by atoms with E-state index in [9.17, 15) is 4.39 Å². The second-order valence-corrected chi connectivity index (χ2v) is 4.80. The monoisotopic (exact) mass is 288 g/mol. The fourth-order valence-corrected chi connectivity index (χ4v) is 1.95. The Hall–Kier alpha value is -0.680. The average Bonchev–Trinajstić information content (AvgIpc) is 2.27. The van der Waals surface area contributed by atoms with Gasteiger partial charge in [0, 0.05) is 17.3 Å². The number of anilines is 1. The predicted molar refractivity (Wildman–Crippen MR) is 64.4 cm³/mol. The molecule has 1 aromatic rings. The van der Waals surface area contributed by atoms with Crippen molar-refractivity contribution in [3.63, 3.8) is 0 Å². The summed E-state index contributed by atoms with van der Waals surface area (Å²) in [5, 5.41) is 3.10. The third kappa shape index (κ3) is 2.71. The minimum Gasteiger partial charge on any atom is -0.378 e. The summed E-state index contributed by atoms with van der Waals surface area (Å²) in [6.45, 7) is 2.74. The molecule has 0 aromatic carbocycles. The maximum absolute atomic E-state index is 13.5. The van der Waals surface area contributed by atoms with Crippen LogP contribution in [0.3, 0.4) is 0 Å². The molecule has 2 atom stereocenters. The highest BCUT2D eigenvalue weighted by Crippen LogP contribution is 2.21. The molecule has 88 valence electrons. The summed E-state index contributed by atoms with van der Waals surface area (Å²) < 4.78 is 19.5. The minimum atomic E-state index is -0.962. The molecule has 0 amide bonds. The van der Waals surface area contributed by atoms with Gasteiger partial charge in [0.1, 0.15) is 12.0 Å². The second-order valence-electron chi connectivity index (χ2n) is 3.95. The SMILES string of the molecule is Cc1cnc(N[C@@H]2CCOC[C@@H]2F)cc1Br. The Bertz CT molecular complexity index is 375. The van der Waals surface area contributed by atoms with E-state index in [1.165, 1.54) is 0 Å². The number of aryl methyl sites for hydroxylation is 1. The number of halogens is 2. The largest absolute Gasteiger partial charge is 0.378 e. The number of alkyl halides is 1. The van der Waals surface area contributed by atoms with Crippen LogP contribution >= 0.6 is 15.9 Å². The van der Waals surface area contributed by atoms with Crippen LogP contribution in [0.25, 0.3) is 0 Å². The lowest BCUT2D eigenvalue weighted by atomic mass is 10.1. The smallest absolute Gasteiger partial charge is 0.143 e. The topological polar surface area (TPSA) is 34.2 Å². The molecule has 0 bridgehead atoms. The summed E-state index contributed by atoms with van der Waals surface area (Å²) in [7, 11) is 0. The van der Waals surface area contributed by atoms with Crippen LogP contribution in [0.2, 0.25) is 0 Å². The first kappa shape index (κ1) is 11.8. The Balaban J connectivity index is 2.05. The summed E-state index contributed by atoms with van der Waals surface area (Å²) in [5.41, 5.74) is 1.06. The van der Waals surface area contributed by atoms with Gasteiger partial charge in [-0.3, -0.25) is 0 Å². The van der Waals surface area contributed by atoms with Gasteiger partial charge in [0.15, 0.2) is 0 Å². The third-order valence-corrected chi connectivity index (χ3v) is 3.51. The molecular formula is C11H14BrFN2O. The van der Waals surface area contributed by atoms with Crippen molar-refractivity contribution in [2.75, 3.05) is 18.5 Å². The highest BCUT2D eigenvalue weighted by atomic mass is 79.9. The molecule has 2 rings (SSSR count). The van der Waals surface area contributed by atoms with Crippen LogP contribution in [-0.4, -0.2) is 30.4 Å². The Morgan fingerprint density at radius 3 is 3.12 bits per heavy atom. The molecule has 1 saturated heterocycles. The van der Waals surface area contributed by atoms with Crippen molar-refractivity contribution in [2.24, 2.45) is 0 Å². The van der Waals surface area contributed by atoms with E-state index in [1.54, 1.807) is 6.20 Å². The van der Waals surface area contributed by atoms with Crippen molar-refractivity contribution in [3.8, 4) is 0 Å². The molecule has 1 N–H and O–H groups in total. The van der Waals surface area contributed by atoms with Gasteiger partial charge in [-0.25, -0.2) is 9.37 Å². The maximum atomic E-state index is 13.5. The highest BCUT2D eigenvalue weighted by molar-refractivity contribution is 9.10. The number of aromatic nitrogens is 1. The van der Waals surface area contributed by atoms with Gasteiger partial charge in [0.05, 0.1) is 12.6 Å². The van der Waals surface area contributed by atoms with Crippen LogP contribution in [0.15, 0.2) is 16.7 Å². The molecule has 1 fully saturated rings. The first-order chi connectivity index (χ1) is 7.66. The summed E-state index contributed by atoms with van der Waals surface area (Å²) >= 11 is 3.43. The number of hydrogen-bond donors (Lipinski definition) is 1. The molecule has 16 heavy (non-hydrogen) atoms. The molecule has 2 heterocycles. The van der Waals surface area contributed by atoms with Gasteiger partial charge in [-0.1, -0.05) is 15.9 Å². The minimum absolute atomic E-state index is 0.171. The van der Waals surface area contributed by atoms with Crippen LogP contribution in [-0.2, 0) is 4.74 Å². The fraction of sp³-hybridized carbons (Fsp3) is 0.545. The van der Waals surface area contributed by atoms with E-state index < -0.39 is 6.17 Å². The average molecular weight is 289 g/mol. The van der Waals surface area contributed by atoms with E-state index in [0.29, 0.717) is 18.8 Å². The lowest BCUT2D eigenvalue weighted by Crippen LogP contribution is -2.39. The van der Waals surface area contributed by atoms with E-state index >= 15 is 0 Å². The van der Waals surface area contributed by atoms with Crippen molar-refractivity contribution >= 4 is 21.7 Å². The van der Waals surface area contributed by atoms with Crippen molar-refractivity contribution < 1.29 is 9.13 Å². The number of rotatable bonds is 2. The summed E-state index contributed by atoms with van der Waals surface area (Å²) in [6.07, 6.45) is 1.48. The van der Waals surface area contributed by atoms with Crippen LogP contribution in [0.5, 0.6) is 0 Å². The summed E-state index contributed by atoms with van der Waals surface area (Å²) in [6, 6.07) is 1.67. The Morgan fingerprint density at radius 2 is 2.44 bits per heavy atom. The first-order valence-electron chi connectivity index (χ1n) is 5.27.